The molecule has 208 valence electrons. The van der Waals surface area contributed by atoms with Gasteiger partial charge < -0.3 is 19.9 Å². The lowest BCUT2D eigenvalue weighted by Gasteiger charge is -2.35. The Kier molecular flexibility index (Phi) is 7.95. The Bertz CT molecular complexity index is 1670. The van der Waals surface area contributed by atoms with Gasteiger partial charge in [0.15, 0.2) is 11.6 Å². The third-order valence-corrected chi connectivity index (χ3v) is 6.08. The Morgan fingerprint density at radius 2 is 1.71 bits per heavy atom. The number of allylic oxidation sites excluding steroid dienone is 1. The number of rotatable bonds is 7. The zero-order valence-electron chi connectivity index (χ0n) is 21.5. The molecule has 0 saturated heterocycles. The molecule has 4 rings (SSSR count). The SMILES string of the molecule is COC(=O)C1=C(C(=O)OC)N(c2cc(Oc3ccc(F)cc3F)cc([N+](=O)[O-])c2)C(N)=C(C#N)C1c1ccccc1. The van der Waals surface area contributed by atoms with Crippen LogP contribution >= 0.6 is 0 Å². The Hall–Kier alpha value is -5.77. The molecule has 1 heterocycles. The van der Waals surface area contributed by atoms with Crippen molar-refractivity contribution in [2.24, 2.45) is 5.73 Å². The second kappa shape index (κ2) is 11.5. The molecule has 0 spiro atoms. The predicted molar refractivity (Wildman–Crippen MR) is 139 cm³/mol. The summed E-state index contributed by atoms with van der Waals surface area (Å²) in [4.78, 5) is 38.4. The minimum absolute atomic E-state index is 0.178. The van der Waals surface area contributed by atoms with Gasteiger partial charge in [0.2, 0.25) is 0 Å². The number of carbonyl (C=O) groups excluding carboxylic acids is 2. The lowest BCUT2D eigenvalue weighted by Crippen LogP contribution is -2.40. The molecule has 0 aliphatic carbocycles. The van der Waals surface area contributed by atoms with Crippen molar-refractivity contribution in [3.05, 3.63) is 117 Å². The smallest absolute Gasteiger partial charge is 0.355 e. The fourth-order valence-corrected chi connectivity index (χ4v) is 4.33. The first-order chi connectivity index (χ1) is 19.6. The van der Waals surface area contributed by atoms with Crippen LogP contribution in [0, 0.1) is 33.1 Å². The molecule has 0 saturated carbocycles. The van der Waals surface area contributed by atoms with Crippen LogP contribution in [0.2, 0.25) is 0 Å². The van der Waals surface area contributed by atoms with E-state index in [4.69, 9.17) is 19.9 Å². The minimum atomic E-state index is -1.17. The summed E-state index contributed by atoms with van der Waals surface area (Å²) in [5.41, 5.74) is 5.07. The van der Waals surface area contributed by atoms with Crippen molar-refractivity contribution in [3.8, 4) is 17.6 Å². The van der Waals surface area contributed by atoms with E-state index in [-0.39, 0.29) is 28.4 Å². The van der Waals surface area contributed by atoms with Crippen LogP contribution in [-0.4, -0.2) is 31.1 Å². The molecule has 0 fully saturated rings. The number of carbonyl (C=O) groups is 2. The molecular weight excluding hydrogens is 542 g/mol. The number of benzene rings is 3. The van der Waals surface area contributed by atoms with Gasteiger partial charge in [-0.05, 0) is 17.7 Å². The lowest BCUT2D eigenvalue weighted by molar-refractivity contribution is -0.384. The van der Waals surface area contributed by atoms with Gasteiger partial charge in [0.05, 0.1) is 54.0 Å². The van der Waals surface area contributed by atoms with Crippen LogP contribution in [-0.2, 0) is 19.1 Å². The molecule has 0 bridgehead atoms. The number of nitro benzene ring substituents is 1. The molecule has 0 amide bonds. The molecule has 3 aromatic carbocycles. The molecular formula is C28H20F2N4O7. The highest BCUT2D eigenvalue weighted by Crippen LogP contribution is 2.44. The molecule has 1 unspecified atom stereocenters. The number of esters is 2. The molecule has 0 aromatic heterocycles. The van der Waals surface area contributed by atoms with Crippen molar-refractivity contribution in [1.82, 2.24) is 0 Å². The van der Waals surface area contributed by atoms with E-state index in [2.05, 4.69) is 0 Å². The van der Waals surface area contributed by atoms with Crippen LogP contribution in [0.4, 0.5) is 20.2 Å². The standard InChI is InChI=1S/C28H20F2N4O7/c1-39-27(35)24-23(15-6-4-3-5-7-15)20(14-31)26(32)33(25(24)28(36)40-2)17-11-18(34(37)38)13-19(12-17)41-22-9-8-16(29)10-21(22)30/h3-13,23H,32H2,1-2H3. The molecule has 11 nitrogen and oxygen atoms in total. The summed E-state index contributed by atoms with van der Waals surface area (Å²) in [5.74, 6) is -6.32. The number of non-ortho nitro benzene ring substituents is 1. The Morgan fingerprint density at radius 3 is 2.29 bits per heavy atom. The number of nitro groups is 1. The normalized spacial score (nSPS) is 14.8. The maximum atomic E-state index is 14.3. The number of hydrogen-bond acceptors (Lipinski definition) is 10. The van der Waals surface area contributed by atoms with Gasteiger partial charge in [-0.3, -0.25) is 15.0 Å². The summed E-state index contributed by atoms with van der Waals surface area (Å²) in [6.45, 7) is 0. The van der Waals surface area contributed by atoms with Gasteiger partial charge in [0, 0.05) is 18.2 Å². The molecule has 2 N–H and O–H groups in total. The summed E-state index contributed by atoms with van der Waals surface area (Å²) in [7, 11) is 2.11. The number of halogens is 2. The topological polar surface area (TPSA) is 158 Å². The minimum Gasteiger partial charge on any atom is -0.466 e. The van der Waals surface area contributed by atoms with Crippen molar-refractivity contribution in [3.63, 3.8) is 0 Å². The number of methoxy groups -OCH3 is 2. The maximum absolute atomic E-state index is 14.3. The van der Waals surface area contributed by atoms with E-state index in [0.717, 1.165) is 49.5 Å². The second-order valence-electron chi connectivity index (χ2n) is 8.45. The van der Waals surface area contributed by atoms with E-state index in [1.165, 1.54) is 0 Å². The third kappa shape index (κ3) is 5.39. The average molecular weight is 562 g/mol. The Labute approximate surface area is 231 Å². The third-order valence-electron chi connectivity index (χ3n) is 6.08. The Balaban J connectivity index is 2.02. The van der Waals surface area contributed by atoms with Gasteiger partial charge in [0.25, 0.3) is 5.69 Å². The van der Waals surface area contributed by atoms with Crippen molar-refractivity contribution in [2.75, 3.05) is 19.1 Å². The number of nitrogens with zero attached hydrogens (tertiary/aromatic N) is 3. The van der Waals surface area contributed by atoms with Gasteiger partial charge >= 0.3 is 11.9 Å². The van der Waals surface area contributed by atoms with Gasteiger partial charge in [-0.15, -0.1) is 0 Å². The van der Waals surface area contributed by atoms with Gasteiger partial charge in [-0.25, -0.2) is 18.4 Å². The molecule has 1 aliphatic rings. The van der Waals surface area contributed by atoms with E-state index in [1.54, 1.807) is 30.3 Å². The van der Waals surface area contributed by atoms with Crippen LogP contribution < -0.4 is 15.4 Å². The summed E-state index contributed by atoms with van der Waals surface area (Å²) >= 11 is 0. The highest BCUT2D eigenvalue weighted by atomic mass is 19.1. The fraction of sp³-hybridized carbons (Fsp3) is 0.107. The van der Waals surface area contributed by atoms with Crippen LogP contribution in [0.1, 0.15) is 11.5 Å². The fourth-order valence-electron chi connectivity index (χ4n) is 4.33. The van der Waals surface area contributed by atoms with E-state index < -0.39 is 51.5 Å². The predicted octanol–water partition coefficient (Wildman–Crippen LogP) is 4.56. The highest BCUT2D eigenvalue weighted by Gasteiger charge is 2.43. The molecule has 0 radical (unpaired) electrons. The number of ether oxygens (including phenoxy) is 3. The quantitative estimate of drug-likeness (QED) is 0.246. The van der Waals surface area contributed by atoms with E-state index in [0.29, 0.717) is 11.6 Å². The molecule has 1 aliphatic heterocycles. The van der Waals surface area contributed by atoms with Crippen molar-refractivity contribution < 1.29 is 37.5 Å². The lowest BCUT2D eigenvalue weighted by atomic mass is 9.81. The van der Waals surface area contributed by atoms with Crippen molar-refractivity contribution in [1.29, 1.82) is 5.26 Å². The molecule has 13 heteroatoms. The summed E-state index contributed by atoms with van der Waals surface area (Å²) in [5, 5.41) is 22.0. The van der Waals surface area contributed by atoms with E-state index >= 15 is 0 Å². The first-order valence-electron chi connectivity index (χ1n) is 11.7. The second-order valence-corrected chi connectivity index (χ2v) is 8.45. The van der Waals surface area contributed by atoms with Crippen molar-refractivity contribution in [2.45, 2.75) is 5.92 Å². The van der Waals surface area contributed by atoms with Gasteiger partial charge in [-0.1, -0.05) is 30.3 Å². The van der Waals surface area contributed by atoms with Crippen LogP contribution in [0.5, 0.6) is 11.5 Å². The maximum Gasteiger partial charge on any atom is 0.355 e. The van der Waals surface area contributed by atoms with E-state index in [9.17, 15) is 33.7 Å². The molecule has 41 heavy (non-hydrogen) atoms. The van der Waals surface area contributed by atoms with Crippen LogP contribution in [0.3, 0.4) is 0 Å². The summed E-state index contributed by atoms with van der Waals surface area (Å²) in [6, 6.07) is 15.7. The van der Waals surface area contributed by atoms with E-state index in [1.807, 2.05) is 6.07 Å². The van der Waals surface area contributed by atoms with Gasteiger partial charge in [-0.2, -0.15) is 5.26 Å². The number of anilines is 1. The number of hydrogen-bond donors (Lipinski definition) is 1. The summed E-state index contributed by atoms with van der Waals surface area (Å²) < 4.78 is 43.1. The zero-order valence-corrected chi connectivity index (χ0v) is 21.5. The molecule has 1 atom stereocenters. The first kappa shape index (κ1) is 28.2. The monoisotopic (exact) mass is 562 g/mol. The van der Waals surface area contributed by atoms with Crippen LogP contribution in [0.15, 0.2) is 89.4 Å². The Morgan fingerprint density at radius 1 is 1.02 bits per heavy atom. The van der Waals surface area contributed by atoms with Crippen molar-refractivity contribution >= 4 is 23.3 Å². The van der Waals surface area contributed by atoms with Crippen LogP contribution in [0.25, 0.3) is 0 Å². The highest BCUT2D eigenvalue weighted by molar-refractivity contribution is 6.06. The molecule has 3 aromatic rings. The average Bonchev–Trinajstić information content (AvgIpc) is 2.97. The first-order valence-corrected chi connectivity index (χ1v) is 11.7. The van der Waals surface area contributed by atoms with Gasteiger partial charge in [0.1, 0.15) is 23.1 Å². The number of nitriles is 1. The number of nitrogens with two attached hydrogens (primary N) is 1. The zero-order chi connectivity index (χ0) is 29.8. The largest absolute Gasteiger partial charge is 0.466 e. The summed E-state index contributed by atoms with van der Waals surface area (Å²) in [6.07, 6.45) is 0.